The molecule has 4 nitrogen and oxygen atoms in total. The van der Waals surface area contributed by atoms with Gasteiger partial charge in [0.25, 0.3) is 0 Å². The van der Waals surface area contributed by atoms with E-state index in [1.807, 2.05) is 0 Å². The lowest BCUT2D eigenvalue weighted by Crippen LogP contribution is -2.29. The monoisotopic (exact) mass is 397 g/mol. The SMILES string of the molecule is N#Cc1c(NC(=O)CCN(Cc2ccc(F)cc2)C2CC2)sc2c1CCCC2. The van der Waals surface area contributed by atoms with E-state index in [2.05, 4.69) is 16.3 Å². The molecule has 0 aliphatic heterocycles. The van der Waals surface area contributed by atoms with Crippen LogP contribution in [0.4, 0.5) is 9.39 Å². The fourth-order valence-corrected chi connectivity index (χ4v) is 5.12. The predicted molar refractivity (Wildman–Crippen MR) is 109 cm³/mol. The lowest BCUT2D eigenvalue weighted by atomic mass is 9.96. The fraction of sp³-hybridized carbons (Fsp3) is 0.455. The topological polar surface area (TPSA) is 56.1 Å². The van der Waals surface area contributed by atoms with Crippen LogP contribution in [-0.2, 0) is 24.2 Å². The molecule has 1 aromatic carbocycles. The second-order valence-electron chi connectivity index (χ2n) is 7.65. The van der Waals surface area contributed by atoms with Gasteiger partial charge in [0.2, 0.25) is 5.91 Å². The van der Waals surface area contributed by atoms with Crippen LogP contribution in [0.25, 0.3) is 0 Å². The van der Waals surface area contributed by atoms with Crippen molar-refractivity contribution < 1.29 is 9.18 Å². The van der Waals surface area contributed by atoms with E-state index in [4.69, 9.17) is 0 Å². The lowest BCUT2D eigenvalue weighted by Gasteiger charge is -2.21. The van der Waals surface area contributed by atoms with Crippen molar-refractivity contribution >= 4 is 22.2 Å². The van der Waals surface area contributed by atoms with Gasteiger partial charge in [0.1, 0.15) is 16.9 Å². The summed E-state index contributed by atoms with van der Waals surface area (Å²) in [6, 6.07) is 9.38. The van der Waals surface area contributed by atoms with Crippen molar-refractivity contribution in [2.75, 3.05) is 11.9 Å². The molecule has 0 radical (unpaired) electrons. The second-order valence-corrected chi connectivity index (χ2v) is 8.76. The minimum Gasteiger partial charge on any atom is -0.317 e. The van der Waals surface area contributed by atoms with E-state index in [9.17, 15) is 14.4 Å². The maximum atomic E-state index is 13.1. The van der Waals surface area contributed by atoms with Gasteiger partial charge in [0.15, 0.2) is 0 Å². The van der Waals surface area contributed by atoms with Crippen LogP contribution < -0.4 is 5.32 Å². The Morgan fingerprint density at radius 2 is 2.00 bits per heavy atom. The number of nitrogens with zero attached hydrogens (tertiary/aromatic N) is 2. The molecule has 1 fully saturated rings. The molecule has 2 aliphatic carbocycles. The maximum Gasteiger partial charge on any atom is 0.226 e. The molecule has 0 unspecified atom stereocenters. The van der Waals surface area contributed by atoms with E-state index >= 15 is 0 Å². The number of hydrogen-bond acceptors (Lipinski definition) is 4. The number of anilines is 1. The molecule has 0 bridgehead atoms. The molecular formula is C22H24FN3OS. The average Bonchev–Trinajstić information content (AvgIpc) is 3.48. The largest absolute Gasteiger partial charge is 0.317 e. The standard InChI is InChI=1S/C22H24FN3OS/c23-16-7-5-15(6-8-16)14-26(17-9-10-17)12-11-21(27)25-22-19(13-24)18-3-1-2-4-20(18)28-22/h5-8,17H,1-4,9-12,14H2,(H,25,27). The number of rotatable bonds is 7. The Labute approximate surface area is 169 Å². The molecule has 2 aliphatic rings. The number of nitriles is 1. The summed E-state index contributed by atoms with van der Waals surface area (Å²) in [6.07, 6.45) is 6.93. The Morgan fingerprint density at radius 1 is 1.25 bits per heavy atom. The summed E-state index contributed by atoms with van der Waals surface area (Å²) in [5.74, 6) is -0.270. The van der Waals surface area contributed by atoms with Gasteiger partial charge in [-0.05, 0) is 61.8 Å². The molecule has 1 saturated carbocycles. The third-order valence-electron chi connectivity index (χ3n) is 5.52. The zero-order valence-corrected chi connectivity index (χ0v) is 16.7. The second kappa shape index (κ2) is 8.42. The van der Waals surface area contributed by atoms with Gasteiger partial charge < -0.3 is 5.32 Å². The summed E-state index contributed by atoms with van der Waals surface area (Å²) in [5.41, 5.74) is 2.87. The summed E-state index contributed by atoms with van der Waals surface area (Å²) in [6.45, 7) is 1.40. The van der Waals surface area contributed by atoms with Gasteiger partial charge in [-0.3, -0.25) is 9.69 Å². The molecule has 4 rings (SSSR count). The smallest absolute Gasteiger partial charge is 0.226 e. The highest BCUT2D eigenvalue weighted by Crippen LogP contribution is 2.37. The Kier molecular flexibility index (Phi) is 5.74. The summed E-state index contributed by atoms with van der Waals surface area (Å²) in [4.78, 5) is 16.1. The Morgan fingerprint density at radius 3 is 2.71 bits per heavy atom. The van der Waals surface area contributed by atoms with Gasteiger partial charge in [-0.25, -0.2) is 4.39 Å². The van der Waals surface area contributed by atoms with Gasteiger partial charge >= 0.3 is 0 Å². The Balaban J connectivity index is 1.36. The van der Waals surface area contributed by atoms with Crippen LogP contribution in [0.5, 0.6) is 0 Å². The summed E-state index contributed by atoms with van der Waals surface area (Å²) < 4.78 is 13.1. The van der Waals surface area contributed by atoms with Gasteiger partial charge in [-0.2, -0.15) is 5.26 Å². The summed E-state index contributed by atoms with van der Waals surface area (Å²) >= 11 is 1.57. The molecular weight excluding hydrogens is 373 g/mol. The fourth-order valence-electron chi connectivity index (χ4n) is 3.86. The number of carbonyl (C=O) groups is 1. The first-order chi connectivity index (χ1) is 13.6. The van der Waals surface area contributed by atoms with Gasteiger partial charge in [-0.15, -0.1) is 11.3 Å². The number of amides is 1. The minimum atomic E-state index is -0.229. The van der Waals surface area contributed by atoms with Crippen molar-refractivity contribution in [3.63, 3.8) is 0 Å². The van der Waals surface area contributed by atoms with E-state index < -0.39 is 0 Å². The first-order valence-electron chi connectivity index (χ1n) is 9.97. The molecule has 6 heteroatoms. The normalized spacial score (nSPS) is 15.9. The average molecular weight is 398 g/mol. The zero-order chi connectivity index (χ0) is 19.5. The number of aryl methyl sites for hydroxylation is 1. The van der Waals surface area contributed by atoms with E-state index in [0.717, 1.165) is 61.2 Å². The molecule has 0 saturated heterocycles. The van der Waals surface area contributed by atoms with Gasteiger partial charge in [0, 0.05) is 30.4 Å². The van der Waals surface area contributed by atoms with E-state index in [1.165, 1.54) is 17.0 Å². The van der Waals surface area contributed by atoms with Crippen molar-refractivity contribution in [3.8, 4) is 6.07 Å². The van der Waals surface area contributed by atoms with Crippen LogP contribution in [0.2, 0.25) is 0 Å². The van der Waals surface area contributed by atoms with Crippen LogP contribution in [0.3, 0.4) is 0 Å². The highest BCUT2D eigenvalue weighted by atomic mass is 32.1. The third kappa shape index (κ3) is 4.43. The van der Waals surface area contributed by atoms with Crippen molar-refractivity contribution in [1.29, 1.82) is 5.26 Å². The number of fused-ring (bicyclic) bond motifs is 1. The Hall–Kier alpha value is -2.23. The van der Waals surface area contributed by atoms with Crippen molar-refractivity contribution in [2.45, 2.75) is 57.5 Å². The van der Waals surface area contributed by atoms with Crippen molar-refractivity contribution in [3.05, 3.63) is 51.7 Å². The van der Waals surface area contributed by atoms with E-state index in [-0.39, 0.29) is 11.7 Å². The van der Waals surface area contributed by atoms with Crippen LogP contribution in [0.1, 0.15) is 53.7 Å². The quantitative estimate of drug-likeness (QED) is 0.741. The molecule has 1 N–H and O–H groups in total. The molecule has 1 aromatic heterocycles. The highest BCUT2D eigenvalue weighted by Gasteiger charge is 2.29. The highest BCUT2D eigenvalue weighted by molar-refractivity contribution is 7.16. The van der Waals surface area contributed by atoms with Crippen LogP contribution >= 0.6 is 11.3 Å². The molecule has 146 valence electrons. The minimum absolute atomic E-state index is 0.0418. The predicted octanol–water partition coefficient (Wildman–Crippen LogP) is 4.63. The number of halogens is 1. The van der Waals surface area contributed by atoms with Crippen LogP contribution in [0.15, 0.2) is 24.3 Å². The van der Waals surface area contributed by atoms with Gasteiger partial charge in [0.05, 0.1) is 5.56 Å². The van der Waals surface area contributed by atoms with Crippen LogP contribution in [-0.4, -0.2) is 23.4 Å². The summed E-state index contributed by atoms with van der Waals surface area (Å²) in [5, 5.41) is 13.2. The molecule has 1 amide bonds. The lowest BCUT2D eigenvalue weighted by molar-refractivity contribution is -0.116. The van der Waals surface area contributed by atoms with E-state index in [1.54, 1.807) is 23.5 Å². The molecule has 2 aromatic rings. The van der Waals surface area contributed by atoms with Crippen molar-refractivity contribution in [1.82, 2.24) is 4.90 Å². The van der Waals surface area contributed by atoms with Gasteiger partial charge in [-0.1, -0.05) is 12.1 Å². The van der Waals surface area contributed by atoms with E-state index in [0.29, 0.717) is 24.6 Å². The maximum absolute atomic E-state index is 13.1. The first kappa shape index (κ1) is 19.1. The van der Waals surface area contributed by atoms with Crippen LogP contribution in [0, 0.1) is 17.1 Å². The van der Waals surface area contributed by atoms with Crippen molar-refractivity contribution in [2.24, 2.45) is 0 Å². The number of hydrogen-bond donors (Lipinski definition) is 1. The zero-order valence-electron chi connectivity index (χ0n) is 15.8. The molecule has 0 spiro atoms. The summed E-state index contributed by atoms with van der Waals surface area (Å²) in [7, 11) is 0. The Bertz CT molecular complexity index is 896. The number of thiophene rings is 1. The number of benzene rings is 1. The molecule has 1 heterocycles. The number of carbonyl (C=O) groups excluding carboxylic acids is 1. The molecule has 28 heavy (non-hydrogen) atoms. The third-order valence-corrected chi connectivity index (χ3v) is 6.73. The first-order valence-corrected chi connectivity index (χ1v) is 10.8. The number of nitrogens with one attached hydrogen (secondary N) is 1. The molecule has 0 atom stereocenters.